The number of phenols is 2. The number of piperidine rings is 1. The Balaban J connectivity index is 2.23. The summed E-state index contributed by atoms with van der Waals surface area (Å²) < 4.78 is 0. The highest BCUT2D eigenvalue weighted by molar-refractivity contribution is 5.95. The van der Waals surface area contributed by atoms with Crippen molar-refractivity contribution < 1.29 is 15.0 Å². The van der Waals surface area contributed by atoms with E-state index in [4.69, 9.17) is 5.73 Å². The molecule has 98 valence electrons. The van der Waals surface area contributed by atoms with E-state index in [1.807, 2.05) is 0 Å². The Bertz CT molecular complexity index is 428. The van der Waals surface area contributed by atoms with Crippen LogP contribution in [0.3, 0.4) is 0 Å². The maximum Gasteiger partial charge on any atom is 0.254 e. The van der Waals surface area contributed by atoms with E-state index in [0.29, 0.717) is 18.7 Å². The summed E-state index contributed by atoms with van der Waals surface area (Å²) in [6.45, 7) is 1.12. The smallest absolute Gasteiger partial charge is 0.254 e. The SMILES string of the molecule is NCC1CCCCN1C(=O)c1cc(O)cc(O)c1. The summed E-state index contributed by atoms with van der Waals surface area (Å²) in [7, 11) is 0. The van der Waals surface area contributed by atoms with Crippen molar-refractivity contribution in [1.82, 2.24) is 4.90 Å². The van der Waals surface area contributed by atoms with Gasteiger partial charge >= 0.3 is 0 Å². The quantitative estimate of drug-likeness (QED) is 0.732. The van der Waals surface area contributed by atoms with Gasteiger partial charge in [0.2, 0.25) is 0 Å². The highest BCUT2D eigenvalue weighted by atomic mass is 16.3. The van der Waals surface area contributed by atoms with Gasteiger partial charge in [-0.3, -0.25) is 4.79 Å². The minimum Gasteiger partial charge on any atom is -0.508 e. The summed E-state index contributed by atoms with van der Waals surface area (Å²) >= 11 is 0. The van der Waals surface area contributed by atoms with E-state index in [1.165, 1.54) is 18.2 Å². The maximum atomic E-state index is 12.3. The van der Waals surface area contributed by atoms with Gasteiger partial charge < -0.3 is 20.8 Å². The topological polar surface area (TPSA) is 86.8 Å². The van der Waals surface area contributed by atoms with Crippen molar-refractivity contribution in [2.75, 3.05) is 13.1 Å². The summed E-state index contributed by atoms with van der Waals surface area (Å²) in [6, 6.07) is 3.98. The fourth-order valence-electron chi connectivity index (χ4n) is 2.40. The van der Waals surface area contributed by atoms with Crippen molar-refractivity contribution in [3.05, 3.63) is 23.8 Å². The molecule has 1 amide bonds. The predicted octanol–water partition coefficient (Wildman–Crippen LogP) is 1.05. The number of likely N-dealkylation sites (tertiary alicyclic amines) is 1. The Hall–Kier alpha value is -1.75. The van der Waals surface area contributed by atoms with Gasteiger partial charge in [-0.2, -0.15) is 0 Å². The molecule has 1 saturated heterocycles. The number of hydrogen-bond acceptors (Lipinski definition) is 4. The second kappa shape index (κ2) is 5.27. The van der Waals surface area contributed by atoms with Gasteiger partial charge in [0, 0.05) is 30.8 Å². The summed E-state index contributed by atoms with van der Waals surface area (Å²) in [5.41, 5.74) is 5.98. The van der Waals surface area contributed by atoms with E-state index >= 15 is 0 Å². The number of carbonyl (C=O) groups is 1. The molecule has 0 aromatic heterocycles. The zero-order valence-electron chi connectivity index (χ0n) is 10.2. The highest BCUT2D eigenvalue weighted by Crippen LogP contribution is 2.24. The average molecular weight is 250 g/mol. The lowest BCUT2D eigenvalue weighted by Crippen LogP contribution is -2.47. The predicted molar refractivity (Wildman–Crippen MR) is 67.5 cm³/mol. The first-order chi connectivity index (χ1) is 8.61. The second-order valence-corrected chi connectivity index (χ2v) is 4.62. The van der Waals surface area contributed by atoms with E-state index in [-0.39, 0.29) is 23.4 Å². The third-order valence-electron chi connectivity index (χ3n) is 3.31. The van der Waals surface area contributed by atoms with Crippen molar-refractivity contribution in [2.24, 2.45) is 5.73 Å². The van der Waals surface area contributed by atoms with E-state index in [2.05, 4.69) is 0 Å². The molecule has 1 aliphatic rings. The Labute approximate surface area is 106 Å². The summed E-state index contributed by atoms with van der Waals surface area (Å²) in [4.78, 5) is 14.1. The van der Waals surface area contributed by atoms with Crippen LogP contribution in [-0.2, 0) is 0 Å². The zero-order valence-corrected chi connectivity index (χ0v) is 10.2. The minimum atomic E-state index is -0.184. The van der Waals surface area contributed by atoms with Gasteiger partial charge in [-0.15, -0.1) is 0 Å². The van der Waals surface area contributed by atoms with Crippen molar-refractivity contribution in [2.45, 2.75) is 25.3 Å². The average Bonchev–Trinajstić information content (AvgIpc) is 2.36. The third kappa shape index (κ3) is 2.56. The molecule has 1 aromatic carbocycles. The summed E-state index contributed by atoms with van der Waals surface area (Å²) in [5.74, 6) is -0.407. The first kappa shape index (κ1) is 12.7. The molecule has 0 bridgehead atoms. The molecule has 5 nitrogen and oxygen atoms in total. The summed E-state index contributed by atoms with van der Waals surface area (Å²) in [6.07, 6.45) is 2.96. The molecule has 5 heteroatoms. The maximum absolute atomic E-state index is 12.3. The fraction of sp³-hybridized carbons (Fsp3) is 0.462. The van der Waals surface area contributed by atoms with Crippen LogP contribution in [0.4, 0.5) is 0 Å². The van der Waals surface area contributed by atoms with Crippen molar-refractivity contribution in [3.8, 4) is 11.5 Å². The molecule has 1 aromatic rings. The van der Waals surface area contributed by atoms with E-state index < -0.39 is 0 Å². The van der Waals surface area contributed by atoms with Gasteiger partial charge in [-0.25, -0.2) is 0 Å². The van der Waals surface area contributed by atoms with Gasteiger partial charge in [-0.1, -0.05) is 0 Å². The fourth-order valence-corrected chi connectivity index (χ4v) is 2.40. The Morgan fingerprint density at radius 2 is 1.94 bits per heavy atom. The first-order valence-corrected chi connectivity index (χ1v) is 6.16. The van der Waals surface area contributed by atoms with Crippen LogP contribution in [0.1, 0.15) is 29.6 Å². The standard InChI is InChI=1S/C13H18N2O3/c14-8-10-3-1-2-4-15(10)13(18)9-5-11(16)7-12(17)6-9/h5-7,10,16-17H,1-4,8,14H2. The molecule has 18 heavy (non-hydrogen) atoms. The number of carbonyl (C=O) groups excluding carboxylic acids is 1. The van der Waals surface area contributed by atoms with Crippen molar-refractivity contribution in [1.29, 1.82) is 0 Å². The monoisotopic (exact) mass is 250 g/mol. The Morgan fingerprint density at radius 3 is 2.56 bits per heavy atom. The van der Waals surface area contributed by atoms with E-state index in [9.17, 15) is 15.0 Å². The molecule has 1 aliphatic heterocycles. The zero-order chi connectivity index (χ0) is 13.1. The van der Waals surface area contributed by atoms with Gasteiger partial charge in [0.15, 0.2) is 0 Å². The van der Waals surface area contributed by atoms with Gasteiger partial charge in [0.25, 0.3) is 5.91 Å². The molecule has 4 N–H and O–H groups in total. The molecular weight excluding hydrogens is 232 g/mol. The molecule has 0 radical (unpaired) electrons. The molecule has 1 fully saturated rings. The molecule has 2 rings (SSSR count). The number of benzene rings is 1. The Kier molecular flexibility index (Phi) is 3.72. The van der Waals surface area contributed by atoms with E-state index in [0.717, 1.165) is 19.3 Å². The Morgan fingerprint density at radius 1 is 1.28 bits per heavy atom. The highest BCUT2D eigenvalue weighted by Gasteiger charge is 2.26. The number of rotatable bonds is 2. The largest absolute Gasteiger partial charge is 0.508 e. The number of hydrogen-bond donors (Lipinski definition) is 3. The van der Waals surface area contributed by atoms with Crippen LogP contribution >= 0.6 is 0 Å². The second-order valence-electron chi connectivity index (χ2n) is 4.62. The van der Waals surface area contributed by atoms with Gasteiger partial charge in [-0.05, 0) is 31.4 Å². The molecule has 0 aliphatic carbocycles. The van der Waals surface area contributed by atoms with Crippen LogP contribution in [0.2, 0.25) is 0 Å². The van der Waals surface area contributed by atoms with Gasteiger partial charge in [0.1, 0.15) is 11.5 Å². The third-order valence-corrected chi connectivity index (χ3v) is 3.31. The van der Waals surface area contributed by atoms with E-state index in [1.54, 1.807) is 4.90 Å². The van der Waals surface area contributed by atoms with Crippen LogP contribution in [0.5, 0.6) is 11.5 Å². The molecule has 1 heterocycles. The van der Waals surface area contributed by atoms with Gasteiger partial charge in [0.05, 0.1) is 0 Å². The molecule has 0 spiro atoms. The van der Waals surface area contributed by atoms with Crippen molar-refractivity contribution >= 4 is 5.91 Å². The molecular formula is C13H18N2O3. The normalized spacial score (nSPS) is 19.8. The van der Waals surface area contributed by atoms with Crippen LogP contribution in [-0.4, -0.2) is 40.2 Å². The number of aromatic hydroxyl groups is 2. The van der Waals surface area contributed by atoms with Crippen LogP contribution in [0, 0.1) is 0 Å². The minimum absolute atomic E-state index is 0.0516. The number of phenolic OH excluding ortho intramolecular Hbond substituents is 2. The van der Waals surface area contributed by atoms with Crippen LogP contribution in [0.15, 0.2) is 18.2 Å². The lowest BCUT2D eigenvalue weighted by atomic mass is 10.0. The van der Waals surface area contributed by atoms with Crippen LogP contribution in [0.25, 0.3) is 0 Å². The number of nitrogens with zero attached hydrogens (tertiary/aromatic N) is 1. The molecule has 1 unspecified atom stereocenters. The van der Waals surface area contributed by atoms with Crippen LogP contribution < -0.4 is 5.73 Å². The lowest BCUT2D eigenvalue weighted by molar-refractivity contribution is 0.0622. The number of nitrogens with two attached hydrogens (primary N) is 1. The molecule has 0 saturated carbocycles. The lowest BCUT2D eigenvalue weighted by Gasteiger charge is -2.35. The summed E-state index contributed by atoms with van der Waals surface area (Å²) in [5, 5.41) is 18.8. The number of amides is 1. The first-order valence-electron chi connectivity index (χ1n) is 6.16. The van der Waals surface area contributed by atoms with Crippen molar-refractivity contribution in [3.63, 3.8) is 0 Å². The molecule has 1 atom stereocenters.